The van der Waals surface area contributed by atoms with Crippen LogP contribution in [0.3, 0.4) is 0 Å². The Labute approximate surface area is 207 Å². The fourth-order valence-corrected chi connectivity index (χ4v) is 5.69. The lowest BCUT2D eigenvalue weighted by Crippen LogP contribution is -2.38. The quantitative estimate of drug-likeness (QED) is 0.371. The van der Waals surface area contributed by atoms with Gasteiger partial charge in [0.1, 0.15) is 29.4 Å². The lowest BCUT2D eigenvalue weighted by Gasteiger charge is -2.30. The Morgan fingerprint density at radius 2 is 1.97 bits per heavy atom. The predicted octanol–water partition coefficient (Wildman–Crippen LogP) is 6.15. The van der Waals surface area contributed by atoms with Crippen molar-refractivity contribution in [2.24, 2.45) is 0 Å². The van der Waals surface area contributed by atoms with Crippen LogP contribution in [-0.2, 0) is 6.42 Å². The van der Waals surface area contributed by atoms with Crippen LogP contribution >= 0.6 is 0 Å². The second kappa shape index (κ2) is 8.76. The number of aromatic hydroxyl groups is 1. The molecule has 0 amide bonds. The first-order valence-corrected chi connectivity index (χ1v) is 12.4. The van der Waals surface area contributed by atoms with Gasteiger partial charge in [0.05, 0.1) is 24.2 Å². The number of rotatable bonds is 3. The number of phenolic OH excluding ortho intramolecular Hbond substituents is 1. The van der Waals surface area contributed by atoms with Gasteiger partial charge >= 0.3 is 0 Å². The molecule has 2 aromatic heterocycles. The summed E-state index contributed by atoms with van der Waals surface area (Å²) in [7, 11) is 1.51. The van der Waals surface area contributed by atoms with Gasteiger partial charge in [-0.1, -0.05) is 25.8 Å². The molecule has 1 saturated heterocycles. The first kappa shape index (κ1) is 22.8. The fourth-order valence-electron chi connectivity index (χ4n) is 5.69. The average molecular weight is 492 g/mol. The summed E-state index contributed by atoms with van der Waals surface area (Å²) in [6.45, 7) is 3.09. The molecule has 1 atom stereocenters. The van der Waals surface area contributed by atoms with Crippen LogP contribution in [0.15, 0.2) is 30.3 Å². The van der Waals surface area contributed by atoms with Gasteiger partial charge in [0.25, 0.3) is 0 Å². The van der Waals surface area contributed by atoms with Crippen molar-refractivity contribution in [1.29, 1.82) is 0 Å². The van der Waals surface area contributed by atoms with E-state index in [2.05, 4.69) is 14.9 Å². The minimum absolute atomic E-state index is 0.0394. The van der Waals surface area contributed by atoms with Gasteiger partial charge in [0, 0.05) is 18.2 Å². The number of phenols is 1. The zero-order valence-corrected chi connectivity index (χ0v) is 20.3. The summed E-state index contributed by atoms with van der Waals surface area (Å²) >= 11 is 0. The molecule has 2 aromatic carbocycles. The molecule has 2 aliphatic heterocycles. The molecule has 1 fully saturated rings. The minimum Gasteiger partial charge on any atom is -0.508 e. The van der Waals surface area contributed by atoms with Gasteiger partial charge < -0.3 is 19.5 Å². The number of benzene rings is 2. The Hall–Kier alpha value is -3.68. The van der Waals surface area contributed by atoms with Crippen LogP contribution in [0.1, 0.15) is 38.2 Å². The predicted molar refractivity (Wildman–Crippen MR) is 135 cm³/mol. The molecule has 186 valence electrons. The first-order chi connectivity index (χ1) is 17.5. The first-order valence-electron chi connectivity index (χ1n) is 12.4. The van der Waals surface area contributed by atoms with Gasteiger partial charge in [0.2, 0.25) is 11.8 Å². The van der Waals surface area contributed by atoms with E-state index in [4.69, 9.17) is 9.47 Å². The van der Waals surface area contributed by atoms with Gasteiger partial charge in [0.15, 0.2) is 5.82 Å². The van der Waals surface area contributed by atoms with Gasteiger partial charge in [-0.25, -0.2) is 18.7 Å². The minimum atomic E-state index is -0.663. The van der Waals surface area contributed by atoms with E-state index >= 15 is 4.39 Å². The molecule has 4 aromatic rings. The number of methoxy groups -OCH3 is 1. The molecular formula is C28H27F2N3O3. The van der Waals surface area contributed by atoms with Crippen molar-refractivity contribution in [2.45, 2.75) is 45.1 Å². The number of ether oxygens (including phenoxy) is 2. The van der Waals surface area contributed by atoms with E-state index in [1.165, 1.54) is 19.2 Å². The standard InChI is InChI=1S/C28H27F2N3O3/c1-3-18-20(29)9-8-15-11-17(34)12-19(23(15)18)26-25(30)27-24-21(13-22(31-27)35-2)33-10-6-4-5-7-16(33)14-36-28(24)32-26/h8-9,11-13,16,34H,3-7,10,14H2,1-2H3. The van der Waals surface area contributed by atoms with E-state index in [0.29, 0.717) is 46.2 Å². The fraction of sp³-hybridized carbons (Fsp3) is 0.357. The topological polar surface area (TPSA) is 67.7 Å². The van der Waals surface area contributed by atoms with E-state index in [-0.39, 0.29) is 34.7 Å². The summed E-state index contributed by atoms with van der Waals surface area (Å²) in [4.78, 5) is 11.4. The third-order valence-electron chi connectivity index (χ3n) is 7.39. The number of nitrogens with zero attached hydrogens (tertiary/aromatic N) is 3. The highest BCUT2D eigenvalue weighted by Gasteiger charge is 2.32. The number of aromatic nitrogens is 2. The Balaban J connectivity index is 1.69. The molecule has 6 nitrogen and oxygen atoms in total. The van der Waals surface area contributed by atoms with E-state index in [9.17, 15) is 9.50 Å². The summed E-state index contributed by atoms with van der Waals surface area (Å²) in [6, 6.07) is 7.87. The highest BCUT2D eigenvalue weighted by molar-refractivity contribution is 6.04. The Bertz CT molecular complexity index is 1510. The van der Waals surface area contributed by atoms with Crippen LogP contribution in [0.4, 0.5) is 14.5 Å². The number of halogens is 2. The highest BCUT2D eigenvalue weighted by Crippen LogP contribution is 2.45. The van der Waals surface area contributed by atoms with Gasteiger partial charge in [-0.05, 0) is 53.8 Å². The molecule has 0 aliphatic carbocycles. The maximum atomic E-state index is 16.4. The van der Waals surface area contributed by atoms with Crippen LogP contribution in [-0.4, -0.2) is 41.4 Å². The zero-order chi connectivity index (χ0) is 25.0. The molecule has 0 bridgehead atoms. The van der Waals surface area contributed by atoms with Crippen LogP contribution in [0.2, 0.25) is 0 Å². The molecular weight excluding hydrogens is 464 g/mol. The van der Waals surface area contributed by atoms with Gasteiger partial charge in [-0.2, -0.15) is 0 Å². The van der Waals surface area contributed by atoms with Crippen molar-refractivity contribution < 1.29 is 23.4 Å². The monoisotopic (exact) mass is 491 g/mol. The molecule has 1 unspecified atom stereocenters. The molecule has 6 rings (SSSR count). The number of hydrogen-bond donors (Lipinski definition) is 1. The maximum Gasteiger partial charge on any atom is 0.225 e. The smallest absolute Gasteiger partial charge is 0.225 e. The van der Waals surface area contributed by atoms with Gasteiger partial charge in [-0.3, -0.25) is 0 Å². The molecule has 2 aliphatic rings. The van der Waals surface area contributed by atoms with E-state index in [1.807, 2.05) is 13.0 Å². The number of fused-ring (bicyclic) bond motifs is 3. The lowest BCUT2D eigenvalue weighted by atomic mass is 9.94. The molecule has 0 spiro atoms. The Morgan fingerprint density at radius 3 is 2.78 bits per heavy atom. The van der Waals surface area contributed by atoms with Crippen molar-refractivity contribution in [1.82, 2.24) is 9.97 Å². The summed E-state index contributed by atoms with van der Waals surface area (Å²) < 4.78 is 42.9. The molecule has 0 radical (unpaired) electrons. The largest absolute Gasteiger partial charge is 0.508 e. The van der Waals surface area contributed by atoms with Crippen molar-refractivity contribution >= 4 is 27.4 Å². The van der Waals surface area contributed by atoms with Crippen LogP contribution in [0.25, 0.3) is 32.9 Å². The lowest BCUT2D eigenvalue weighted by molar-refractivity contribution is 0.275. The second-order valence-corrected chi connectivity index (χ2v) is 9.47. The van der Waals surface area contributed by atoms with E-state index < -0.39 is 5.82 Å². The number of aryl methyl sites for hydroxylation is 1. The van der Waals surface area contributed by atoms with Crippen LogP contribution in [0, 0.1) is 11.6 Å². The molecule has 36 heavy (non-hydrogen) atoms. The normalized spacial score (nSPS) is 17.4. The second-order valence-electron chi connectivity index (χ2n) is 9.47. The molecule has 1 N–H and O–H groups in total. The Kier molecular flexibility index (Phi) is 5.54. The van der Waals surface area contributed by atoms with Crippen molar-refractivity contribution in [3.8, 4) is 28.8 Å². The average Bonchev–Trinajstić information content (AvgIpc) is 3.20. The molecule has 8 heteroatoms. The van der Waals surface area contributed by atoms with Gasteiger partial charge in [-0.15, -0.1) is 0 Å². The van der Waals surface area contributed by atoms with Crippen molar-refractivity contribution in [3.05, 3.63) is 47.5 Å². The van der Waals surface area contributed by atoms with Crippen LogP contribution in [0.5, 0.6) is 17.5 Å². The van der Waals surface area contributed by atoms with E-state index in [0.717, 1.165) is 37.9 Å². The number of anilines is 1. The van der Waals surface area contributed by atoms with Crippen LogP contribution < -0.4 is 14.4 Å². The summed E-state index contributed by atoms with van der Waals surface area (Å²) in [5.41, 5.74) is 1.58. The van der Waals surface area contributed by atoms with Crippen molar-refractivity contribution in [2.75, 3.05) is 25.2 Å². The summed E-state index contributed by atoms with van der Waals surface area (Å²) in [5.74, 6) is -0.533. The SMILES string of the molecule is CCc1c(F)ccc2cc(O)cc(-c3nc4c5c(cc(OC)nc5c3F)N3CCCCCC3CO4)c12. The number of pyridine rings is 2. The summed E-state index contributed by atoms with van der Waals surface area (Å²) in [6.07, 6.45) is 4.63. The summed E-state index contributed by atoms with van der Waals surface area (Å²) in [5, 5.41) is 12.1. The maximum absolute atomic E-state index is 16.4. The van der Waals surface area contributed by atoms with E-state index in [1.54, 1.807) is 12.1 Å². The van der Waals surface area contributed by atoms with Crippen molar-refractivity contribution in [3.63, 3.8) is 0 Å². The molecule has 4 heterocycles. The highest BCUT2D eigenvalue weighted by atomic mass is 19.1. The Morgan fingerprint density at radius 1 is 1.11 bits per heavy atom. The third kappa shape index (κ3) is 3.50. The zero-order valence-electron chi connectivity index (χ0n) is 20.3. The number of hydrogen-bond acceptors (Lipinski definition) is 6. The third-order valence-corrected chi connectivity index (χ3v) is 7.39. The molecule has 0 saturated carbocycles.